The van der Waals surface area contributed by atoms with Crippen molar-refractivity contribution in [3.05, 3.63) is 35.9 Å². The van der Waals surface area contributed by atoms with Crippen LogP contribution < -0.4 is 0 Å². The smallest absolute Gasteiger partial charge is 0.190 e. The molecule has 116 valence electrons. The molecule has 2 saturated heterocycles. The summed E-state index contributed by atoms with van der Waals surface area (Å²) in [5.41, 5.74) is 1.03. The summed E-state index contributed by atoms with van der Waals surface area (Å²) in [6.07, 6.45) is -3.25. The Morgan fingerprint density at radius 2 is 1.95 bits per heavy atom. The maximum atomic E-state index is 13.8. The molecular weight excluding hydrogens is 275 g/mol. The third-order valence-electron chi connectivity index (χ3n) is 3.76. The van der Waals surface area contributed by atoms with Crippen molar-refractivity contribution in [2.75, 3.05) is 0 Å². The van der Waals surface area contributed by atoms with Gasteiger partial charge in [-0.2, -0.15) is 0 Å². The first-order chi connectivity index (χ1) is 9.96. The van der Waals surface area contributed by atoms with Crippen LogP contribution in [0.2, 0.25) is 0 Å². The van der Waals surface area contributed by atoms with E-state index in [1.165, 1.54) is 6.92 Å². The minimum atomic E-state index is -1.15. The first-order valence-corrected chi connectivity index (χ1v) is 7.27. The van der Waals surface area contributed by atoms with Crippen molar-refractivity contribution in [2.24, 2.45) is 0 Å². The maximum Gasteiger partial charge on any atom is 0.190 e. The van der Waals surface area contributed by atoms with E-state index in [0.29, 0.717) is 6.61 Å². The fourth-order valence-corrected chi connectivity index (χ4v) is 2.83. The summed E-state index contributed by atoms with van der Waals surface area (Å²) in [6.45, 7) is 5.49. The second kappa shape index (κ2) is 5.65. The number of rotatable bonds is 4. The lowest BCUT2D eigenvalue weighted by molar-refractivity contribution is -0.225. The molecule has 0 bridgehead atoms. The monoisotopic (exact) mass is 296 g/mol. The van der Waals surface area contributed by atoms with Crippen LogP contribution in [-0.4, -0.2) is 36.6 Å². The maximum absolute atomic E-state index is 13.8. The van der Waals surface area contributed by atoms with Crippen molar-refractivity contribution in [3.63, 3.8) is 0 Å². The molecule has 5 heteroatoms. The second-order valence-corrected chi connectivity index (χ2v) is 6.01. The Morgan fingerprint density at radius 3 is 2.62 bits per heavy atom. The normalized spacial score (nSPS) is 35.6. The van der Waals surface area contributed by atoms with E-state index in [0.717, 1.165) is 5.56 Å². The van der Waals surface area contributed by atoms with Gasteiger partial charge in [-0.1, -0.05) is 30.3 Å². The van der Waals surface area contributed by atoms with Crippen LogP contribution in [0, 0.1) is 0 Å². The van der Waals surface area contributed by atoms with Crippen LogP contribution in [0.4, 0.5) is 4.39 Å². The van der Waals surface area contributed by atoms with Crippen molar-refractivity contribution in [1.82, 2.24) is 0 Å². The number of fused-ring (bicyclic) bond motifs is 1. The van der Waals surface area contributed by atoms with Gasteiger partial charge < -0.3 is 18.9 Å². The number of alkyl halides is 1. The molecule has 2 aliphatic rings. The summed E-state index contributed by atoms with van der Waals surface area (Å²) in [4.78, 5) is 0. The van der Waals surface area contributed by atoms with E-state index in [4.69, 9.17) is 18.9 Å². The standard InChI is InChI=1S/C16H21FO4/c1-10(17)12-13(18-9-11-7-5-4-6-8-11)14-15(19-12)21-16(2,3)20-14/h4-8,10,12-15H,9H2,1-3H3/t10-,12?,13-,14+,15+/m0/s1. The Labute approximate surface area is 124 Å². The molecule has 0 amide bonds. The summed E-state index contributed by atoms with van der Waals surface area (Å²) in [5, 5.41) is 0. The summed E-state index contributed by atoms with van der Waals surface area (Å²) in [7, 11) is 0. The number of ether oxygens (including phenoxy) is 4. The zero-order valence-corrected chi connectivity index (χ0v) is 12.5. The molecule has 1 aromatic carbocycles. The first-order valence-electron chi connectivity index (χ1n) is 7.27. The van der Waals surface area contributed by atoms with Gasteiger partial charge in [0.05, 0.1) is 6.61 Å². The predicted molar refractivity (Wildman–Crippen MR) is 74.3 cm³/mol. The van der Waals surface area contributed by atoms with E-state index in [1.807, 2.05) is 44.2 Å². The molecule has 1 unspecified atom stereocenters. The highest BCUT2D eigenvalue weighted by molar-refractivity contribution is 5.13. The molecule has 5 atom stereocenters. The summed E-state index contributed by atoms with van der Waals surface area (Å²) in [6, 6.07) is 9.77. The molecule has 0 spiro atoms. The topological polar surface area (TPSA) is 36.9 Å². The number of hydrogen-bond donors (Lipinski definition) is 0. The van der Waals surface area contributed by atoms with Gasteiger partial charge in [0, 0.05) is 0 Å². The van der Waals surface area contributed by atoms with Gasteiger partial charge >= 0.3 is 0 Å². The molecule has 0 aromatic heterocycles. The Morgan fingerprint density at radius 1 is 1.24 bits per heavy atom. The summed E-state index contributed by atoms with van der Waals surface area (Å²) >= 11 is 0. The third-order valence-corrected chi connectivity index (χ3v) is 3.76. The molecule has 2 heterocycles. The van der Waals surface area contributed by atoms with Crippen LogP contribution in [0.5, 0.6) is 0 Å². The molecule has 0 N–H and O–H groups in total. The highest BCUT2D eigenvalue weighted by Crippen LogP contribution is 2.40. The van der Waals surface area contributed by atoms with Gasteiger partial charge in [0.25, 0.3) is 0 Å². The molecule has 1 aromatic rings. The van der Waals surface area contributed by atoms with Crippen LogP contribution in [0.25, 0.3) is 0 Å². The lowest BCUT2D eigenvalue weighted by atomic mass is 10.1. The second-order valence-electron chi connectivity index (χ2n) is 6.01. The van der Waals surface area contributed by atoms with Crippen LogP contribution in [0.1, 0.15) is 26.3 Å². The van der Waals surface area contributed by atoms with Gasteiger partial charge in [-0.3, -0.25) is 0 Å². The fraction of sp³-hybridized carbons (Fsp3) is 0.625. The molecular formula is C16H21FO4. The fourth-order valence-electron chi connectivity index (χ4n) is 2.83. The van der Waals surface area contributed by atoms with Crippen molar-refractivity contribution in [2.45, 2.75) is 63.9 Å². The minimum Gasteiger partial charge on any atom is -0.368 e. The van der Waals surface area contributed by atoms with Gasteiger partial charge in [0.15, 0.2) is 12.1 Å². The van der Waals surface area contributed by atoms with Gasteiger partial charge in [-0.25, -0.2) is 4.39 Å². The third kappa shape index (κ3) is 3.11. The average molecular weight is 296 g/mol. The Balaban J connectivity index is 1.70. The van der Waals surface area contributed by atoms with E-state index in [1.54, 1.807) is 0 Å². The highest BCUT2D eigenvalue weighted by atomic mass is 19.1. The van der Waals surface area contributed by atoms with E-state index in [-0.39, 0.29) is 0 Å². The summed E-state index contributed by atoms with van der Waals surface area (Å²) < 4.78 is 36.8. The van der Waals surface area contributed by atoms with Gasteiger partial charge in [0.2, 0.25) is 0 Å². The average Bonchev–Trinajstić information content (AvgIpc) is 2.90. The van der Waals surface area contributed by atoms with Crippen molar-refractivity contribution in [3.8, 4) is 0 Å². The van der Waals surface area contributed by atoms with Crippen LogP contribution in [0.15, 0.2) is 30.3 Å². The number of halogens is 1. The zero-order valence-electron chi connectivity index (χ0n) is 12.5. The molecule has 0 aliphatic carbocycles. The largest absolute Gasteiger partial charge is 0.368 e. The van der Waals surface area contributed by atoms with Gasteiger partial charge in [-0.05, 0) is 26.3 Å². The molecule has 0 radical (unpaired) electrons. The lowest BCUT2D eigenvalue weighted by Gasteiger charge is -2.26. The SMILES string of the molecule is C[C@H](F)C1O[C@@H]2OC(C)(C)O[C@@H]2[C@H]1OCc1ccccc1. The Kier molecular flexibility index (Phi) is 4.01. The van der Waals surface area contributed by atoms with Crippen molar-refractivity contribution in [1.29, 1.82) is 0 Å². The molecule has 2 aliphatic heterocycles. The van der Waals surface area contributed by atoms with E-state index >= 15 is 0 Å². The number of benzene rings is 1. The zero-order chi connectivity index (χ0) is 15.0. The number of hydrogen-bond acceptors (Lipinski definition) is 4. The van der Waals surface area contributed by atoms with E-state index in [9.17, 15) is 4.39 Å². The first kappa shape index (κ1) is 14.9. The van der Waals surface area contributed by atoms with E-state index in [2.05, 4.69) is 0 Å². The summed E-state index contributed by atoms with van der Waals surface area (Å²) in [5.74, 6) is -0.728. The molecule has 4 nitrogen and oxygen atoms in total. The molecule has 0 saturated carbocycles. The van der Waals surface area contributed by atoms with Crippen LogP contribution in [-0.2, 0) is 25.6 Å². The van der Waals surface area contributed by atoms with Gasteiger partial charge in [-0.15, -0.1) is 0 Å². The minimum absolute atomic E-state index is 0.394. The van der Waals surface area contributed by atoms with Crippen LogP contribution >= 0.6 is 0 Å². The highest BCUT2D eigenvalue weighted by Gasteiger charge is 2.56. The lowest BCUT2D eigenvalue weighted by Crippen LogP contribution is -2.40. The molecule has 3 rings (SSSR count). The van der Waals surface area contributed by atoms with Crippen molar-refractivity contribution >= 4 is 0 Å². The molecule has 2 fully saturated rings. The van der Waals surface area contributed by atoms with Crippen LogP contribution in [0.3, 0.4) is 0 Å². The predicted octanol–water partition coefficient (Wildman–Crippen LogP) is 2.81. The van der Waals surface area contributed by atoms with E-state index < -0.39 is 36.6 Å². The van der Waals surface area contributed by atoms with Crippen molar-refractivity contribution < 1.29 is 23.3 Å². The Hall–Kier alpha value is -1.01. The van der Waals surface area contributed by atoms with Gasteiger partial charge in [0.1, 0.15) is 24.5 Å². The molecule has 21 heavy (non-hydrogen) atoms. The quantitative estimate of drug-likeness (QED) is 0.856. The Bertz CT molecular complexity index is 476.